The molecule has 136 heavy (non-hydrogen) atoms. The Bertz CT molecular complexity index is 5260. The largest absolute Gasteiger partial charge is 0.368 e. The number of carbonyl (C=O) groups is 12. The van der Waals surface area contributed by atoms with Crippen molar-refractivity contribution in [2.45, 2.75) is 149 Å². The number of benzene rings is 8. The first-order valence-electron chi connectivity index (χ1n) is 47.5. The van der Waals surface area contributed by atoms with Gasteiger partial charge in [0.1, 0.15) is 39.3 Å². The Balaban J connectivity index is 1.03. The fourth-order valence-corrected chi connectivity index (χ4v) is 16.9. The molecule has 0 spiro atoms. The molecule has 9 aromatic rings. The Morgan fingerprint density at radius 1 is 0.265 bits per heavy atom. The molecule has 0 fully saturated rings. The van der Waals surface area contributed by atoms with Crippen LogP contribution in [-0.4, -0.2) is 267 Å². The van der Waals surface area contributed by atoms with E-state index in [1.54, 1.807) is 71.0 Å². The highest BCUT2D eigenvalue weighted by atomic mass is 16.2. The van der Waals surface area contributed by atoms with Crippen LogP contribution in [0.2, 0.25) is 0 Å². The maximum atomic E-state index is 16.1. The number of primary amides is 1. The average molecular weight is 1860 g/mol. The third-order valence-corrected chi connectivity index (χ3v) is 25.4. The van der Waals surface area contributed by atoms with Crippen LogP contribution in [0, 0.1) is 0 Å². The number of rotatable bonds is 57. The number of unbranched alkanes of at least 4 members (excludes halogenated alkanes) is 4. The van der Waals surface area contributed by atoms with Crippen molar-refractivity contribution in [1.29, 1.82) is 0 Å². The Hall–Kier alpha value is -13.3. The number of nitrogens with zero attached hydrogens (tertiary/aromatic N) is 11. The number of carbonyl (C=O) groups excluding carboxylic acids is 12. The zero-order valence-electron chi connectivity index (χ0n) is 80.1. The van der Waals surface area contributed by atoms with E-state index >= 15 is 43.2 Å². The van der Waals surface area contributed by atoms with Gasteiger partial charge in [-0.05, 0) is 190 Å². The molecule has 30 nitrogen and oxygen atoms in total. The van der Waals surface area contributed by atoms with Gasteiger partial charge in [-0.3, -0.25) is 57.5 Å². The zero-order valence-corrected chi connectivity index (χ0v) is 80.1. The molecule has 12 N–H and O–H groups in total. The van der Waals surface area contributed by atoms with Gasteiger partial charge in [0.05, 0.1) is 81.6 Å². The summed E-state index contributed by atoms with van der Waals surface area (Å²) in [5.74, 6) is -7.31. The molecule has 0 saturated carbocycles. The minimum atomic E-state index is -0.856. The Morgan fingerprint density at radius 2 is 0.493 bits per heavy atom. The Kier molecular flexibility index (Phi) is 43.5. The van der Waals surface area contributed by atoms with Crippen molar-refractivity contribution in [1.82, 2.24) is 64.2 Å². The van der Waals surface area contributed by atoms with Crippen LogP contribution in [0.4, 0.5) is 0 Å². The molecule has 726 valence electrons. The van der Waals surface area contributed by atoms with E-state index in [4.69, 9.17) is 28.7 Å². The number of nitrogens with two attached hydrogens (primary N) is 5. The summed E-state index contributed by atoms with van der Waals surface area (Å²) in [4.78, 5) is 202. The van der Waals surface area contributed by atoms with Crippen molar-refractivity contribution < 1.29 is 57.5 Å². The molecule has 0 saturated heterocycles. The molecule has 1 heterocycles. The number of H-pyrrole nitrogens is 1. The van der Waals surface area contributed by atoms with Crippen LogP contribution < -0.4 is 34.0 Å². The molecule has 0 aliphatic heterocycles. The second kappa shape index (κ2) is 55.6. The number of hydrogen-bond acceptors (Lipinski definition) is 17. The minimum Gasteiger partial charge on any atom is -0.368 e. The fourth-order valence-electron chi connectivity index (χ4n) is 16.9. The van der Waals surface area contributed by atoms with Gasteiger partial charge in [0.15, 0.2) is 0 Å². The summed E-state index contributed by atoms with van der Waals surface area (Å²) in [7, 11) is 0. The van der Waals surface area contributed by atoms with E-state index in [0.717, 1.165) is 40.4 Å². The van der Waals surface area contributed by atoms with Crippen LogP contribution >= 0.6 is 0 Å². The smallest absolute Gasteiger partial charge is 0.243 e. The molecule has 0 unspecified atom stereocenters. The lowest BCUT2D eigenvalue weighted by Gasteiger charge is -2.37. The van der Waals surface area contributed by atoms with E-state index in [9.17, 15) is 14.4 Å². The number of aromatic amines is 1. The van der Waals surface area contributed by atoms with Gasteiger partial charge in [-0.15, -0.1) is 0 Å². The number of amides is 12. The molecule has 1 aromatic heterocycles. The molecule has 0 bridgehead atoms. The van der Waals surface area contributed by atoms with Gasteiger partial charge < -0.3 is 92.9 Å². The maximum absolute atomic E-state index is 16.1. The van der Waals surface area contributed by atoms with Crippen molar-refractivity contribution in [2.75, 3.05) is 137 Å². The van der Waals surface area contributed by atoms with Gasteiger partial charge in [-0.25, -0.2) is 0 Å². The monoisotopic (exact) mass is 1860 g/mol. The molecule has 12 amide bonds. The molecule has 30 heteroatoms. The number of fused-ring (bicyclic) bond motifs is 1. The predicted molar refractivity (Wildman–Crippen MR) is 530 cm³/mol. The molecule has 0 aliphatic rings. The number of hydrogen-bond donors (Lipinski definition) is 7. The molecule has 8 aromatic carbocycles. The molecule has 0 radical (unpaired) electrons. The van der Waals surface area contributed by atoms with E-state index in [-0.39, 0.29) is 64.7 Å². The Labute approximate surface area is 801 Å². The third kappa shape index (κ3) is 31.7. The average Bonchev–Trinajstić information content (AvgIpc) is 1.52. The molecule has 0 aliphatic carbocycles. The van der Waals surface area contributed by atoms with Crippen LogP contribution in [0.5, 0.6) is 0 Å². The molecule has 7 atom stereocenters. The summed E-state index contributed by atoms with van der Waals surface area (Å²) < 4.78 is 0. The quantitative estimate of drug-likeness (QED) is 0.0174. The zero-order chi connectivity index (χ0) is 98.0. The Morgan fingerprint density at radius 3 is 0.779 bits per heavy atom. The first kappa shape index (κ1) is 106. The predicted octanol–water partition coefficient (Wildman–Crippen LogP) is 10.2. The SMILES string of the molecule is C[C@@H](c1ccccc1)N(CC(N)=O)C(=O)CN(C(=O)CN(CCCCN)C(=O)CN(C(=O)CN(C(=O)CN(CCCCN)C(=O)CN(CCc1c[nH]c2ccccc12)C(=O)CN(C(=O)CN(CCCCN)C(=O)CN(C(=O)CN(C(=O)CNCCCCN)[C@@H](C)c1ccccc1)[C@@H](C)c1ccccc1)[C@@H](C)c1ccccc1)[C@@H](C)c1ccccc1)[C@@H](C)c1ccccc1)[C@@H](C)c1ccccc1. The summed E-state index contributed by atoms with van der Waals surface area (Å²) in [6.07, 6.45) is 5.93. The normalized spacial score (nSPS) is 12.7. The van der Waals surface area contributed by atoms with Crippen molar-refractivity contribution in [2.24, 2.45) is 28.7 Å². The molecular weight excluding hydrogens is 1720 g/mol. The van der Waals surface area contributed by atoms with E-state index < -0.39 is 179 Å². The van der Waals surface area contributed by atoms with Gasteiger partial charge in [0, 0.05) is 43.3 Å². The van der Waals surface area contributed by atoms with Crippen molar-refractivity contribution in [3.05, 3.63) is 287 Å². The third-order valence-electron chi connectivity index (χ3n) is 25.4. The van der Waals surface area contributed by atoms with E-state index in [1.807, 2.05) is 220 Å². The van der Waals surface area contributed by atoms with Gasteiger partial charge in [0.2, 0.25) is 70.9 Å². The van der Waals surface area contributed by atoms with Crippen LogP contribution in [0.15, 0.2) is 243 Å². The molecule has 9 rings (SSSR count). The fraction of sp³-hybridized carbons (Fsp3) is 0.415. The summed E-state index contributed by atoms with van der Waals surface area (Å²) in [5, 5.41) is 4.09. The van der Waals surface area contributed by atoms with Gasteiger partial charge in [-0.2, -0.15) is 0 Å². The lowest BCUT2D eigenvalue weighted by Crippen LogP contribution is -2.54. The van der Waals surface area contributed by atoms with Gasteiger partial charge >= 0.3 is 0 Å². The second-order valence-electron chi connectivity index (χ2n) is 34.8. The van der Waals surface area contributed by atoms with E-state index in [1.165, 1.54) is 53.9 Å². The van der Waals surface area contributed by atoms with Gasteiger partial charge in [-0.1, -0.05) is 231 Å². The second-order valence-corrected chi connectivity index (χ2v) is 34.8. The highest BCUT2D eigenvalue weighted by molar-refractivity contribution is 5.96. The van der Waals surface area contributed by atoms with Crippen molar-refractivity contribution in [3.63, 3.8) is 0 Å². The van der Waals surface area contributed by atoms with Crippen LogP contribution in [0.3, 0.4) is 0 Å². The highest BCUT2D eigenvalue weighted by Gasteiger charge is 2.39. The number of aromatic nitrogens is 1. The lowest BCUT2D eigenvalue weighted by molar-refractivity contribution is -0.151. The number of para-hydroxylation sites is 1. The van der Waals surface area contributed by atoms with Gasteiger partial charge in [0.25, 0.3) is 0 Å². The standard InChI is InChI=1S/C106H140N18O12/c1-78(85-39-15-8-16-40-85)118(67-95(111)125)104(134)76-123(83(6)90-49-25-13-26-50-90)103(133)71-116(63-38-34-59-110)99(129)73-122(82(5)89-47-23-12-24-48-89)106(136)77-124(84(7)91-51-27-14-28-52-91)102(132)69-114(61-36-32-57-108)97(127)68-117(64-55-92-65-113-94-54-30-29-53-93(92)94)100(130)74-120(80(3)87-43-19-10-20-44-87)101(131)70-115(62-37-33-58-109)98(128)72-121(81(4)88-45-21-11-22-46-88)105(135)75-119(79(2)86-41-17-9-18-42-86)96(126)66-112-60-35-31-56-107/h8-30,39-54,65,78-84,112-113H,31-38,55-64,66-77,107-110H2,1-7H3,(H2,111,125)/t78-,79-,80-,81-,82-,83-,84-/m0/s1. The van der Waals surface area contributed by atoms with Crippen molar-refractivity contribution in [3.8, 4) is 0 Å². The maximum Gasteiger partial charge on any atom is 0.243 e. The minimum absolute atomic E-state index is 0.0122. The summed E-state index contributed by atoms with van der Waals surface area (Å²) in [6, 6.07) is 66.4. The van der Waals surface area contributed by atoms with Crippen LogP contribution in [0.25, 0.3) is 10.9 Å². The summed E-state index contributed by atoms with van der Waals surface area (Å²) in [5.41, 5.74) is 36.4. The van der Waals surface area contributed by atoms with Crippen LogP contribution in [-0.2, 0) is 64.0 Å². The van der Waals surface area contributed by atoms with Crippen molar-refractivity contribution >= 4 is 81.8 Å². The number of nitrogens with one attached hydrogen (secondary N) is 2. The first-order chi connectivity index (χ1) is 65.7. The summed E-state index contributed by atoms with van der Waals surface area (Å²) >= 11 is 0. The van der Waals surface area contributed by atoms with Crippen LogP contribution in [0.1, 0.15) is 187 Å². The van der Waals surface area contributed by atoms with E-state index in [0.29, 0.717) is 79.4 Å². The van der Waals surface area contributed by atoms with E-state index in [2.05, 4.69) is 10.3 Å². The molecular formula is C106H140N18O12. The lowest BCUT2D eigenvalue weighted by atomic mass is 10.0. The highest BCUT2D eigenvalue weighted by Crippen LogP contribution is 2.31. The first-order valence-corrected chi connectivity index (χ1v) is 47.5. The topological polar surface area (TPSA) is 398 Å². The summed E-state index contributed by atoms with van der Waals surface area (Å²) in [6.45, 7) is 8.11.